The van der Waals surface area contributed by atoms with Gasteiger partial charge in [-0.25, -0.2) is 4.79 Å². The van der Waals surface area contributed by atoms with Gasteiger partial charge in [-0.3, -0.25) is 4.21 Å². The Morgan fingerprint density at radius 3 is 2.44 bits per heavy atom. The second-order valence-corrected chi connectivity index (χ2v) is 5.15. The Morgan fingerprint density at radius 2 is 1.94 bits per heavy atom. The molecule has 94 valence electrons. The third-order valence-corrected chi connectivity index (χ3v) is 3.46. The smallest absolute Gasteiger partial charge is 0.422 e. The summed E-state index contributed by atoms with van der Waals surface area (Å²) in [7, 11) is -0.866. The molecule has 0 aromatic rings. The van der Waals surface area contributed by atoms with Crippen LogP contribution < -0.4 is 5.32 Å². The summed E-state index contributed by atoms with van der Waals surface area (Å²) in [6, 6.07) is -0.238. The summed E-state index contributed by atoms with van der Waals surface area (Å²) >= 11 is 0. The molecule has 1 rings (SSSR count). The molecule has 0 atom stereocenters. The van der Waals surface area contributed by atoms with Gasteiger partial charge in [0.05, 0.1) is 0 Å². The van der Waals surface area contributed by atoms with Crippen LogP contribution in [0, 0.1) is 0 Å². The number of nitrogens with one attached hydrogen (secondary N) is 1. The molecule has 1 N–H and O–H groups in total. The summed E-state index contributed by atoms with van der Waals surface area (Å²) in [6.45, 7) is -1.59. The van der Waals surface area contributed by atoms with E-state index in [1.807, 2.05) is 0 Å². The number of hydrogen-bond donors (Lipinski definition) is 1. The van der Waals surface area contributed by atoms with Crippen LogP contribution in [0.4, 0.5) is 18.0 Å². The van der Waals surface area contributed by atoms with Crippen molar-refractivity contribution in [1.29, 1.82) is 0 Å². The lowest BCUT2D eigenvalue weighted by atomic mass is 10.2. The van der Waals surface area contributed by atoms with E-state index in [-0.39, 0.29) is 6.04 Å². The van der Waals surface area contributed by atoms with Gasteiger partial charge >= 0.3 is 12.3 Å². The second kappa shape index (κ2) is 5.51. The topological polar surface area (TPSA) is 55.4 Å². The highest BCUT2D eigenvalue weighted by Gasteiger charge is 2.30. The van der Waals surface area contributed by atoms with Gasteiger partial charge < -0.3 is 10.1 Å². The molecule has 1 heterocycles. The molecule has 0 bridgehead atoms. The minimum atomic E-state index is -4.51. The fourth-order valence-electron chi connectivity index (χ4n) is 1.29. The third kappa shape index (κ3) is 5.34. The average molecular weight is 259 g/mol. The van der Waals surface area contributed by atoms with E-state index in [4.69, 9.17) is 0 Å². The highest BCUT2D eigenvalue weighted by molar-refractivity contribution is 7.85. The Balaban J connectivity index is 2.22. The molecular weight excluding hydrogens is 247 g/mol. The number of carbonyl (C=O) groups excluding carboxylic acids is 1. The highest BCUT2D eigenvalue weighted by atomic mass is 32.2. The number of amides is 1. The highest BCUT2D eigenvalue weighted by Crippen LogP contribution is 2.15. The molecule has 0 spiro atoms. The average Bonchev–Trinajstić information content (AvgIpc) is 2.18. The van der Waals surface area contributed by atoms with Gasteiger partial charge in [-0.15, -0.1) is 0 Å². The number of halogens is 3. The maximum atomic E-state index is 11.7. The number of alkyl carbamates (subject to hydrolysis) is 1. The zero-order valence-corrected chi connectivity index (χ0v) is 9.20. The van der Waals surface area contributed by atoms with Crippen molar-refractivity contribution in [2.45, 2.75) is 25.1 Å². The summed E-state index contributed by atoms with van der Waals surface area (Å²) < 4.78 is 50.1. The first-order chi connectivity index (χ1) is 7.37. The van der Waals surface area contributed by atoms with Crippen LogP contribution in [0.3, 0.4) is 0 Å². The van der Waals surface area contributed by atoms with Crippen LogP contribution in [0.25, 0.3) is 0 Å². The Kier molecular flexibility index (Phi) is 4.57. The second-order valence-electron chi connectivity index (χ2n) is 3.46. The van der Waals surface area contributed by atoms with Crippen molar-refractivity contribution in [3.05, 3.63) is 0 Å². The van der Waals surface area contributed by atoms with Crippen molar-refractivity contribution in [1.82, 2.24) is 5.32 Å². The van der Waals surface area contributed by atoms with E-state index in [0.717, 1.165) is 0 Å². The molecule has 16 heavy (non-hydrogen) atoms. The number of rotatable bonds is 2. The summed E-state index contributed by atoms with van der Waals surface area (Å²) in [5, 5.41) is 2.32. The molecule has 1 saturated heterocycles. The van der Waals surface area contributed by atoms with E-state index < -0.39 is 29.7 Å². The molecule has 1 amide bonds. The molecule has 1 aliphatic rings. The van der Waals surface area contributed by atoms with Gasteiger partial charge in [0.25, 0.3) is 0 Å². The van der Waals surface area contributed by atoms with E-state index in [1.54, 1.807) is 0 Å². The van der Waals surface area contributed by atoms with Crippen LogP contribution in [-0.2, 0) is 15.5 Å². The van der Waals surface area contributed by atoms with Crippen molar-refractivity contribution in [2.75, 3.05) is 18.1 Å². The van der Waals surface area contributed by atoms with Crippen LogP contribution in [0.1, 0.15) is 12.8 Å². The molecular formula is C8H12F3NO3S. The first kappa shape index (κ1) is 13.3. The maximum Gasteiger partial charge on any atom is 0.422 e. The molecule has 8 heteroatoms. The lowest BCUT2D eigenvalue weighted by Crippen LogP contribution is -2.40. The number of carbonyl (C=O) groups is 1. The van der Waals surface area contributed by atoms with E-state index in [2.05, 4.69) is 10.1 Å². The first-order valence-corrected chi connectivity index (χ1v) is 6.20. The Labute approximate surface area is 93.0 Å². The van der Waals surface area contributed by atoms with Gasteiger partial charge in [0.2, 0.25) is 0 Å². The van der Waals surface area contributed by atoms with Crippen molar-refractivity contribution in [2.24, 2.45) is 0 Å². The Morgan fingerprint density at radius 1 is 1.38 bits per heavy atom. The van der Waals surface area contributed by atoms with Crippen LogP contribution in [0.5, 0.6) is 0 Å². The van der Waals surface area contributed by atoms with Gasteiger partial charge in [-0.05, 0) is 12.8 Å². The predicted octanol–water partition coefficient (Wildman–Crippen LogP) is 1.19. The summed E-state index contributed by atoms with van der Waals surface area (Å²) in [4.78, 5) is 10.9. The number of alkyl halides is 3. The van der Waals surface area contributed by atoms with Crippen LogP contribution >= 0.6 is 0 Å². The van der Waals surface area contributed by atoms with Gasteiger partial charge in [-0.1, -0.05) is 0 Å². The molecule has 4 nitrogen and oxygen atoms in total. The molecule has 0 aromatic carbocycles. The van der Waals surface area contributed by atoms with Crippen LogP contribution in [-0.4, -0.2) is 40.6 Å². The molecule has 0 aliphatic carbocycles. The third-order valence-electron chi connectivity index (χ3n) is 2.08. The predicted molar refractivity (Wildman–Crippen MR) is 51.4 cm³/mol. The quantitative estimate of drug-likeness (QED) is 0.810. The lowest BCUT2D eigenvalue weighted by Gasteiger charge is -2.22. The molecule has 0 saturated carbocycles. The van der Waals surface area contributed by atoms with Gasteiger partial charge in [0, 0.05) is 28.3 Å². The fourth-order valence-corrected chi connectivity index (χ4v) is 2.59. The number of ether oxygens (including phenoxy) is 1. The zero-order valence-electron chi connectivity index (χ0n) is 8.38. The lowest BCUT2D eigenvalue weighted by molar-refractivity contribution is -0.160. The molecule has 0 radical (unpaired) electrons. The monoisotopic (exact) mass is 259 g/mol. The van der Waals surface area contributed by atoms with E-state index in [9.17, 15) is 22.2 Å². The van der Waals surface area contributed by atoms with Crippen molar-refractivity contribution in [3.63, 3.8) is 0 Å². The molecule has 0 aromatic heterocycles. The van der Waals surface area contributed by atoms with E-state index in [1.165, 1.54) is 0 Å². The Hall–Kier alpha value is -0.790. The van der Waals surface area contributed by atoms with Crippen molar-refractivity contribution in [3.8, 4) is 0 Å². The largest absolute Gasteiger partial charge is 0.440 e. The molecule has 1 aliphatic heterocycles. The summed E-state index contributed by atoms with van der Waals surface area (Å²) in [5.41, 5.74) is 0. The normalized spacial score (nSPS) is 26.2. The van der Waals surface area contributed by atoms with Crippen molar-refractivity contribution >= 4 is 16.9 Å². The Bertz CT molecular complexity index is 272. The van der Waals surface area contributed by atoms with Gasteiger partial charge in [0.1, 0.15) is 0 Å². The zero-order chi connectivity index (χ0) is 12.2. The van der Waals surface area contributed by atoms with Crippen molar-refractivity contribution < 1.29 is 26.9 Å². The minimum absolute atomic E-state index is 0.238. The standard InChI is InChI=1S/C8H12F3NO3S/c9-8(10,11)5-15-7(13)12-6-1-3-16(14)4-2-6/h6H,1-5H2,(H,12,13). The summed E-state index contributed by atoms with van der Waals surface area (Å²) in [5.74, 6) is 0.925. The number of hydrogen-bond acceptors (Lipinski definition) is 3. The van der Waals surface area contributed by atoms with Gasteiger partial charge in [0.15, 0.2) is 6.61 Å². The minimum Gasteiger partial charge on any atom is -0.440 e. The maximum absolute atomic E-state index is 11.7. The van der Waals surface area contributed by atoms with Crippen LogP contribution in [0.2, 0.25) is 0 Å². The first-order valence-electron chi connectivity index (χ1n) is 4.72. The van der Waals surface area contributed by atoms with E-state index in [0.29, 0.717) is 24.3 Å². The summed E-state index contributed by atoms with van der Waals surface area (Å²) in [6.07, 6.45) is -4.57. The fraction of sp³-hybridized carbons (Fsp3) is 0.875. The molecule has 0 unspecified atom stereocenters. The van der Waals surface area contributed by atoms with E-state index >= 15 is 0 Å². The molecule has 1 fully saturated rings. The SMILES string of the molecule is O=C(NC1CCS(=O)CC1)OCC(F)(F)F. The van der Waals surface area contributed by atoms with Gasteiger partial charge in [-0.2, -0.15) is 13.2 Å². The van der Waals surface area contributed by atoms with Crippen LogP contribution in [0.15, 0.2) is 0 Å².